The van der Waals surface area contributed by atoms with E-state index in [1.165, 1.54) is 40.7 Å². The van der Waals surface area contributed by atoms with Crippen LogP contribution in [0.5, 0.6) is 0 Å². The zero-order valence-electron chi connectivity index (χ0n) is 18.5. The molecular formula is C25H26FN3O4S. The zero-order valence-corrected chi connectivity index (χ0v) is 19.4. The fourth-order valence-corrected chi connectivity index (χ4v) is 4.85. The number of carbonyl (C=O) groups is 3. The summed E-state index contributed by atoms with van der Waals surface area (Å²) in [6.07, 6.45) is 5.11. The zero-order chi connectivity index (χ0) is 23.9. The summed E-state index contributed by atoms with van der Waals surface area (Å²) in [4.78, 5) is 41.3. The lowest BCUT2D eigenvalue weighted by Crippen LogP contribution is -2.48. The largest absolute Gasteiger partial charge is 0.459 e. The number of amides is 3. The van der Waals surface area contributed by atoms with E-state index in [2.05, 4.69) is 10.6 Å². The molecule has 2 heterocycles. The highest BCUT2D eigenvalue weighted by molar-refractivity contribution is 7.09. The normalized spacial score (nSPS) is 14.5. The summed E-state index contributed by atoms with van der Waals surface area (Å²) in [7, 11) is 0. The molecule has 7 nitrogen and oxygen atoms in total. The minimum absolute atomic E-state index is 0.000816. The molecule has 1 fully saturated rings. The van der Waals surface area contributed by atoms with Crippen LogP contribution in [0.3, 0.4) is 0 Å². The fourth-order valence-electron chi connectivity index (χ4n) is 4.14. The van der Waals surface area contributed by atoms with Crippen molar-refractivity contribution in [2.24, 2.45) is 0 Å². The maximum Gasteiger partial charge on any atom is 0.287 e. The first kappa shape index (κ1) is 23.7. The van der Waals surface area contributed by atoms with Crippen LogP contribution in [0.15, 0.2) is 64.6 Å². The first-order valence-corrected chi connectivity index (χ1v) is 12.1. The number of nitrogens with zero attached hydrogens (tertiary/aromatic N) is 1. The van der Waals surface area contributed by atoms with Crippen molar-refractivity contribution in [2.75, 3.05) is 6.54 Å². The van der Waals surface area contributed by atoms with Crippen LogP contribution in [0, 0.1) is 5.82 Å². The third-order valence-electron chi connectivity index (χ3n) is 5.83. The van der Waals surface area contributed by atoms with Gasteiger partial charge in [-0.05, 0) is 42.5 Å². The van der Waals surface area contributed by atoms with E-state index in [4.69, 9.17) is 4.42 Å². The van der Waals surface area contributed by atoms with E-state index in [1.807, 2.05) is 17.5 Å². The van der Waals surface area contributed by atoms with Crippen LogP contribution in [0.2, 0.25) is 0 Å². The topological polar surface area (TPSA) is 91.7 Å². The van der Waals surface area contributed by atoms with Gasteiger partial charge in [0.1, 0.15) is 11.9 Å². The second-order valence-corrected chi connectivity index (χ2v) is 9.21. The van der Waals surface area contributed by atoms with Gasteiger partial charge in [-0.25, -0.2) is 4.39 Å². The van der Waals surface area contributed by atoms with Gasteiger partial charge in [0.15, 0.2) is 5.76 Å². The second kappa shape index (κ2) is 11.1. The summed E-state index contributed by atoms with van der Waals surface area (Å²) in [5, 5.41) is 7.41. The highest BCUT2D eigenvalue weighted by atomic mass is 32.1. The molecule has 0 spiro atoms. The molecule has 178 valence electrons. The SMILES string of the molecule is O=C(NCC(=O)N(Cc1cccs1)[C@H](C(=O)NC1CCCC1)c1ccccc1F)c1ccco1. The van der Waals surface area contributed by atoms with Crippen LogP contribution in [-0.4, -0.2) is 35.2 Å². The first-order valence-electron chi connectivity index (χ1n) is 11.2. The summed E-state index contributed by atoms with van der Waals surface area (Å²) >= 11 is 1.43. The Balaban J connectivity index is 1.62. The molecule has 3 amide bonds. The summed E-state index contributed by atoms with van der Waals surface area (Å²) in [6, 6.07) is 11.5. The Bertz CT molecular complexity index is 1110. The van der Waals surface area contributed by atoms with Crippen LogP contribution in [0.4, 0.5) is 4.39 Å². The van der Waals surface area contributed by atoms with Crippen LogP contribution < -0.4 is 10.6 Å². The maximum absolute atomic E-state index is 14.9. The lowest BCUT2D eigenvalue weighted by Gasteiger charge is -2.32. The van der Waals surface area contributed by atoms with E-state index < -0.39 is 29.6 Å². The van der Waals surface area contributed by atoms with E-state index in [-0.39, 0.29) is 30.5 Å². The van der Waals surface area contributed by atoms with Crippen LogP contribution in [-0.2, 0) is 16.1 Å². The van der Waals surface area contributed by atoms with E-state index in [0.29, 0.717) is 0 Å². The quantitative estimate of drug-likeness (QED) is 0.481. The molecule has 34 heavy (non-hydrogen) atoms. The van der Waals surface area contributed by atoms with Gasteiger partial charge in [0.25, 0.3) is 5.91 Å². The minimum Gasteiger partial charge on any atom is -0.459 e. The van der Waals surface area contributed by atoms with E-state index >= 15 is 0 Å². The molecule has 1 aliphatic rings. The third kappa shape index (κ3) is 5.72. The Kier molecular flexibility index (Phi) is 7.74. The number of thiophene rings is 1. The van der Waals surface area contributed by atoms with Crippen molar-refractivity contribution in [2.45, 2.75) is 44.3 Å². The molecule has 0 aliphatic heterocycles. The van der Waals surface area contributed by atoms with Crippen molar-refractivity contribution >= 4 is 29.1 Å². The van der Waals surface area contributed by atoms with Gasteiger partial charge in [-0.3, -0.25) is 14.4 Å². The van der Waals surface area contributed by atoms with Gasteiger partial charge >= 0.3 is 0 Å². The van der Waals surface area contributed by atoms with Crippen molar-refractivity contribution in [1.82, 2.24) is 15.5 Å². The fraction of sp³-hybridized carbons (Fsp3) is 0.320. The lowest BCUT2D eigenvalue weighted by molar-refractivity contribution is -0.141. The van der Waals surface area contributed by atoms with Crippen LogP contribution in [0.25, 0.3) is 0 Å². The van der Waals surface area contributed by atoms with E-state index in [9.17, 15) is 18.8 Å². The Labute approximate surface area is 200 Å². The standard InChI is InChI=1S/C25H26FN3O4S/c26-20-11-4-3-10-19(20)23(25(32)28-17-7-1-2-8-17)29(16-18-9-6-14-34-18)22(30)15-27-24(31)21-12-5-13-33-21/h3-6,9-14,17,23H,1-2,7-8,15-16H2,(H,27,31)(H,28,32)/t23-/m0/s1. The molecule has 3 aromatic rings. The predicted octanol–water partition coefficient (Wildman–Crippen LogP) is 4.04. The molecule has 9 heteroatoms. The molecule has 2 N–H and O–H groups in total. The van der Waals surface area contributed by atoms with E-state index in [1.54, 1.807) is 18.2 Å². The smallest absolute Gasteiger partial charge is 0.287 e. The molecule has 1 atom stereocenters. The molecule has 0 radical (unpaired) electrons. The minimum atomic E-state index is -1.18. The van der Waals surface area contributed by atoms with E-state index in [0.717, 1.165) is 30.6 Å². The molecule has 0 saturated heterocycles. The summed E-state index contributed by atoms with van der Waals surface area (Å²) in [5.41, 5.74) is 0.111. The van der Waals surface area contributed by atoms with Gasteiger partial charge in [0, 0.05) is 16.5 Å². The number of hydrogen-bond acceptors (Lipinski definition) is 5. The number of rotatable bonds is 9. The average molecular weight is 484 g/mol. The highest BCUT2D eigenvalue weighted by Gasteiger charge is 2.35. The average Bonchev–Trinajstić information content (AvgIpc) is 3.62. The molecule has 2 aromatic heterocycles. The van der Waals surface area contributed by atoms with Crippen molar-refractivity contribution in [3.8, 4) is 0 Å². The molecular weight excluding hydrogens is 457 g/mol. The summed E-state index contributed by atoms with van der Waals surface area (Å²) in [6.45, 7) is -0.267. The maximum atomic E-state index is 14.9. The number of carbonyl (C=O) groups excluding carboxylic acids is 3. The Hall–Kier alpha value is -3.46. The van der Waals surface area contributed by atoms with Gasteiger partial charge in [0.05, 0.1) is 19.4 Å². The van der Waals surface area contributed by atoms with Crippen molar-refractivity contribution < 1.29 is 23.2 Å². The number of hydrogen-bond donors (Lipinski definition) is 2. The number of nitrogens with one attached hydrogen (secondary N) is 2. The summed E-state index contributed by atoms with van der Waals surface area (Å²) in [5.74, 6) is -1.99. The first-order chi connectivity index (χ1) is 16.5. The van der Waals surface area contributed by atoms with Gasteiger partial charge in [-0.2, -0.15) is 0 Å². The second-order valence-electron chi connectivity index (χ2n) is 8.18. The van der Waals surface area contributed by atoms with Crippen molar-refractivity contribution in [1.29, 1.82) is 0 Å². The van der Waals surface area contributed by atoms with Gasteiger partial charge in [-0.1, -0.05) is 37.1 Å². The summed E-state index contributed by atoms with van der Waals surface area (Å²) < 4.78 is 20.0. The Morgan fingerprint density at radius 2 is 1.88 bits per heavy atom. The monoisotopic (exact) mass is 483 g/mol. The molecule has 4 rings (SSSR count). The molecule has 1 saturated carbocycles. The Morgan fingerprint density at radius 3 is 2.56 bits per heavy atom. The third-order valence-corrected chi connectivity index (χ3v) is 6.69. The van der Waals surface area contributed by atoms with Gasteiger partial charge < -0.3 is 20.0 Å². The van der Waals surface area contributed by atoms with Gasteiger partial charge in [0.2, 0.25) is 11.8 Å². The number of halogens is 1. The molecule has 1 aliphatic carbocycles. The van der Waals surface area contributed by atoms with Crippen molar-refractivity contribution in [3.63, 3.8) is 0 Å². The van der Waals surface area contributed by atoms with Crippen molar-refractivity contribution in [3.05, 3.63) is 82.2 Å². The molecule has 1 aromatic carbocycles. The Morgan fingerprint density at radius 1 is 1.09 bits per heavy atom. The number of furan rings is 1. The molecule has 0 unspecified atom stereocenters. The van der Waals surface area contributed by atoms with Crippen LogP contribution >= 0.6 is 11.3 Å². The van der Waals surface area contributed by atoms with Crippen LogP contribution in [0.1, 0.15) is 52.7 Å². The predicted molar refractivity (Wildman–Crippen MR) is 125 cm³/mol. The number of benzene rings is 1. The molecule has 0 bridgehead atoms. The highest BCUT2D eigenvalue weighted by Crippen LogP contribution is 2.28. The lowest BCUT2D eigenvalue weighted by atomic mass is 10.0. The van der Waals surface area contributed by atoms with Gasteiger partial charge in [-0.15, -0.1) is 11.3 Å².